The molecule has 1 aromatic heterocycles. The molecule has 6 nitrogen and oxygen atoms in total. The molecule has 0 aliphatic carbocycles. The zero-order chi connectivity index (χ0) is 21.6. The lowest BCUT2D eigenvalue weighted by molar-refractivity contribution is 0.0492. The van der Waals surface area contributed by atoms with Crippen LogP contribution in [0.5, 0.6) is 0 Å². The van der Waals surface area contributed by atoms with Crippen LogP contribution in [0.1, 0.15) is 49.2 Å². The van der Waals surface area contributed by atoms with E-state index in [2.05, 4.69) is 5.32 Å². The number of hydrogen-bond acceptors (Lipinski definition) is 5. The number of hydrogen-bond donors (Lipinski definition) is 2. The Balaban J connectivity index is 1.62. The number of ether oxygens (including phenoxy) is 1. The smallest absolute Gasteiger partial charge is 0.261 e. The molecule has 3 heterocycles. The molecule has 0 bridgehead atoms. The van der Waals surface area contributed by atoms with Crippen molar-refractivity contribution in [3.8, 4) is 0 Å². The molecule has 3 aromatic rings. The number of nitrogens with one attached hydrogen (secondary N) is 1. The van der Waals surface area contributed by atoms with Crippen LogP contribution in [0.2, 0.25) is 0 Å². The fraction of sp³-hybridized carbons (Fsp3) is 0.417. The lowest BCUT2D eigenvalue weighted by atomic mass is 9.78. The van der Waals surface area contributed by atoms with Crippen molar-refractivity contribution in [1.82, 2.24) is 9.55 Å². The third-order valence-corrected chi connectivity index (χ3v) is 6.75. The first-order chi connectivity index (χ1) is 15.0. The van der Waals surface area contributed by atoms with Gasteiger partial charge in [0.05, 0.1) is 23.6 Å². The van der Waals surface area contributed by atoms with Gasteiger partial charge >= 0.3 is 0 Å². The lowest BCUT2D eigenvalue weighted by Crippen LogP contribution is -2.34. The van der Waals surface area contributed by atoms with E-state index in [9.17, 15) is 14.3 Å². The third-order valence-electron chi connectivity index (χ3n) is 6.75. The molecule has 2 aliphatic heterocycles. The first-order valence-electron chi connectivity index (χ1n) is 10.8. The van der Waals surface area contributed by atoms with Gasteiger partial charge in [0, 0.05) is 36.4 Å². The van der Waals surface area contributed by atoms with Gasteiger partial charge in [0.1, 0.15) is 11.6 Å². The summed E-state index contributed by atoms with van der Waals surface area (Å²) in [5.74, 6) is 0.370. The Morgan fingerprint density at radius 1 is 1.26 bits per heavy atom. The Kier molecular flexibility index (Phi) is 5.02. The molecule has 0 unspecified atom stereocenters. The summed E-state index contributed by atoms with van der Waals surface area (Å²) in [6, 6.07) is 9.93. The van der Waals surface area contributed by atoms with E-state index >= 15 is 0 Å². The van der Waals surface area contributed by atoms with Crippen LogP contribution in [-0.2, 0) is 23.3 Å². The molecule has 2 N–H and O–H groups in total. The van der Waals surface area contributed by atoms with Gasteiger partial charge in [0.25, 0.3) is 5.56 Å². The van der Waals surface area contributed by atoms with Gasteiger partial charge in [-0.1, -0.05) is 12.1 Å². The van der Waals surface area contributed by atoms with E-state index in [1.165, 1.54) is 12.1 Å². The van der Waals surface area contributed by atoms with E-state index in [-0.39, 0.29) is 23.6 Å². The Hall–Kier alpha value is -2.77. The van der Waals surface area contributed by atoms with Gasteiger partial charge in [-0.05, 0) is 56.0 Å². The van der Waals surface area contributed by atoms with E-state index in [1.54, 1.807) is 4.57 Å². The van der Waals surface area contributed by atoms with Gasteiger partial charge in [0.15, 0.2) is 0 Å². The second kappa shape index (κ2) is 7.73. The zero-order valence-electron chi connectivity index (χ0n) is 17.5. The van der Waals surface area contributed by atoms with Gasteiger partial charge in [-0.3, -0.25) is 9.36 Å². The normalized spacial score (nSPS) is 18.3. The molecule has 0 amide bonds. The minimum Gasteiger partial charge on any atom is -0.392 e. The van der Waals surface area contributed by atoms with Crippen LogP contribution in [-0.4, -0.2) is 27.9 Å². The number of benzene rings is 2. The van der Waals surface area contributed by atoms with Crippen molar-refractivity contribution in [2.45, 2.75) is 50.8 Å². The van der Waals surface area contributed by atoms with E-state index in [1.807, 2.05) is 31.2 Å². The second-order valence-electron chi connectivity index (χ2n) is 8.65. The zero-order valence-corrected chi connectivity index (χ0v) is 17.5. The predicted molar refractivity (Wildman–Crippen MR) is 117 cm³/mol. The van der Waals surface area contributed by atoms with Gasteiger partial charge < -0.3 is 15.2 Å². The molecule has 162 valence electrons. The number of aromatic nitrogens is 2. The molecule has 2 aromatic carbocycles. The van der Waals surface area contributed by atoms with Gasteiger partial charge in [-0.15, -0.1) is 0 Å². The monoisotopic (exact) mass is 423 g/mol. The molecule has 1 saturated heterocycles. The van der Waals surface area contributed by atoms with E-state index in [0.29, 0.717) is 36.2 Å². The standard InChI is InChI=1S/C24H26FN3O3/c1-15(26-18-4-2-3-16(11-18)14-29)19-12-17(25)13-20-21(19)27-23-24(6-9-31-10-7-24)5-8-28(23)22(20)30/h2-4,11-13,15,26,29H,5-10,14H2,1H3/t15-/m1/s1. The van der Waals surface area contributed by atoms with Crippen molar-refractivity contribution in [2.75, 3.05) is 18.5 Å². The Morgan fingerprint density at radius 3 is 2.84 bits per heavy atom. The average molecular weight is 423 g/mol. The van der Waals surface area contributed by atoms with Crippen molar-refractivity contribution in [1.29, 1.82) is 0 Å². The summed E-state index contributed by atoms with van der Waals surface area (Å²) >= 11 is 0. The van der Waals surface area contributed by atoms with Crippen LogP contribution >= 0.6 is 0 Å². The van der Waals surface area contributed by atoms with Gasteiger partial charge in [-0.25, -0.2) is 9.37 Å². The number of fused-ring (bicyclic) bond motifs is 3. The predicted octanol–water partition coefficient (Wildman–Crippen LogP) is 3.65. The van der Waals surface area contributed by atoms with Crippen LogP contribution in [0, 0.1) is 5.82 Å². The highest BCUT2D eigenvalue weighted by molar-refractivity contribution is 5.82. The van der Waals surface area contributed by atoms with Gasteiger partial charge in [0.2, 0.25) is 0 Å². The van der Waals surface area contributed by atoms with Crippen molar-refractivity contribution >= 4 is 16.6 Å². The molecular weight excluding hydrogens is 397 g/mol. The molecule has 31 heavy (non-hydrogen) atoms. The quantitative estimate of drug-likeness (QED) is 0.670. The van der Waals surface area contributed by atoms with Crippen molar-refractivity contribution in [2.24, 2.45) is 0 Å². The minimum absolute atomic E-state index is 0.0525. The van der Waals surface area contributed by atoms with Crippen LogP contribution in [0.25, 0.3) is 10.9 Å². The summed E-state index contributed by atoms with van der Waals surface area (Å²) in [5.41, 5.74) is 2.51. The Bertz CT molecular complexity index is 1200. The van der Waals surface area contributed by atoms with Crippen LogP contribution < -0.4 is 10.9 Å². The van der Waals surface area contributed by atoms with Crippen molar-refractivity contribution < 1.29 is 14.2 Å². The second-order valence-corrected chi connectivity index (χ2v) is 8.65. The van der Waals surface area contributed by atoms with E-state index in [0.717, 1.165) is 36.3 Å². The first kappa shape index (κ1) is 20.2. The average Bonchev–Trinajstić information content (AvgIpc) is 3.12. The maximum atomic E-state index is 14.5. The fourth-order valence-electron chi connectivity index (χ4n) is 5.02. The van der Waals surface area contributed by atoms with Crippen LogP contribution in [0.15, 0.2) is 41.2 Å². The highest BCUT2D eigenvalue weighted by Crippen LogP contribution is 2.42. The summed E-state index contributed by atoms with van der Waals surface area (Å²) in [5, 5.41) is 13.1. The molecule has 1 fully saturated rings. The molecule has 5 rings (SSSR count). The number of aliphatic hydroxyl groups is 1. The maximum absolute atomic E-state index is 14.5. The SMILES string of the molecule is C[C@@H](Nc1cccc(CO)c1)c1cc(F)cc2c(=O)n3c(nc12)C1(CCOCC1)CC3. The molecule has 2 aliphatic rings. The number of anilines is 1. The molecular formula is C24H26FN3O3. The third kappa shape index (κ3) is 3.42. The van der Waals surface area contributed by atoms with Crippen molar-refractivity contribution in [3.05, 3.63) is 69.5 Å². The summed E-state index contributed by atoms with van der Waals surface area (Å²) < 4.78 is 21.8. The number of rotatable bonds is 4. The number of aliphatic hydroxyl groups excluding tert-OH is 1. The molecule has 1 spiro atoms. The Labute approximate surface area is 179 Å². The molecule has 0 radical (unpaired) electrons. The number of halogens is 1. The Morgan fingerprint density at radius 2 is 2.06 bits per heavy atom. The highest BCUT2D eigenvalue weighted by atomic mass is 19.1. The van der Waals surface area contributed by atoms with Crippen molar-refractivity contribution in [3.63, 3.8) is 0 Å². The summed E-state index contributed by atoms with van der Waals surface area (Å²) in [4.78, 5) is 18.3. The van der Waals surface area contributed by atoms with E-state index in [4.69, 9.17) is 9.72 Å². The summed E-state index contributed by atoms with van der Waals surface area (Å²) in [6.07, 6.45) is 2.57. The lowest BCUT2D eigenvalue weighted by Gasteiger charge is -2.32. The molecule has 0 saturated carbocycles. The summed E-state index contributed by atoms with van der Waals surface area (Å²) in [6.45, 7) is 3.83. The topological polar surface area (TPSA) is 76.4 Å². The molecule has 7 heteroatoms. The summed E-state index contributed by atoms with van der Waals surface area (Å²) in [7, 11) is 0. The minimum atomic E-state index is -0.446. The van der Waals surface area contributed by atoms with E-state index < -0.39 is 5.82 Å². The highest BCUT2D eigenvalue weighted by Gasteiger charge is 2.43. The van der Waals surface area contributed by atoms with Crippen LogP contribution in [0.3, 0.4) is 0 Å². The van der Waals surface area contributed by atoms with Crippen LogP contribution in [0.4, 0.5) is 10.1 Å². The largest absolute Gasteiger partial charge is 0.392 e. The van der Waals surface area contributed by atoms with Gasteiger partial charge in [-0.2, -0.15) is 0 Å². The number of nitrogens with zero attached hydrogens (tertiary/aromatic N) is 2. The first-order valence-corrected chi connectivity index (χ1v) is 10.8. The fourth-order valence-corrected chi connectivity index (χ4v) is 5.02. The molecule has 1 atom stereocenters. The maximum Gasteiger partial charge on any atom is 0.261 e.